The summed E-state index contributed by atoms with van der Waals surface area (Å²) in [5, 5.41) is 0.819. The Labute approximate surface area is 121 Å². The number of benzene rings is 1. The van der Waals surface area contributed by atoms with E-state index in [1.165, 1.54) is 6.42 Å². The summed E-state index contributed by atoms with van der Waals surface area (Å²) in [5.74, 6) is 0. The molecule has 0 aliphatic carbocycles. The molecule has 0 spiro atoms. The second-order valence-corrected chi connectivity index (χ2v) is 5.64. The molecule has 0 amide bonds. The Kier molecular flexibility index (Phi) is 5.08. The molecule has 2 rings (SSSR count). The van der Waals surface area contributed by atoms with Gasteiger partial charge in [0, 0.05) is 38.8 Å². The predicted molar refractivity (Wildman–Crippen MR) is 82.9 cm³/mol. The molecule has 3 nitrogen and oxygen atoms in total. The maximum Gasteiger partial charge on any atom is 0.0642 e. The van der Waals surface area contributed by atoms with E-state index >= 15 is 0 Å². The fraction of sp³-hybridized carbons (Fsp3) is 0.600. The third-order valence-corrected chi connectivity index (χ3v) is 4.44. The lowest BCUT2D eigenvalue weighted by atomic mass is 10.1. The normalized spacial score (nSPS) is 18.6. The summed E-state index contributed by atoms with van der Waals surface area (Å²) >= 11 is 6.36. The molecule has 106 valence electrons. The average Bonchev–Trinajstić information content (AvgIpc) is 2.46. The lowest BCUT2D eigenvalue weighted by molar-refractivity contribution is 0.192. The highest BCUT2D eigenvalue weighted by molar-refractivity contribution is 6.33. The lowest BCUT2D eigenvalue weighted by Gasteiger charge is -2.39. The van der Waals surface area contributed by atoms with Crippen LogP contribution in [-0.4, -0.2) is 37.1 Å². The van der Waals surface area contributed by atoms with E-state index in [1.807, 2.05) is 12.1 Å². The summed E-state index contributed by atoms with van der Waals surface area (Å²) < 4.78 is 0. The van der Waals surface area contributed by atoms with Crippen LogP contribution < -0.4 is 10.6 Å². The number of nitrogens with two attached hydrogens (primary N) is 1. The van der Waals surface area contributed by atoms with Crippen LogP contribution in [0.5, 0.6) is 0 Å². The van der Waals surface area contributed by atoms with E-state index in [4.69, 9.17) is 17.3 Å². The van der Waals surface area contributed by atoms with Gasteiger partial charge in [-0.15, -0.1) is 0 Å². The van der Waals surface area contributed by atoms with Crippen LogP contribution in [0, 0.1) is 0 Å². The Hall–Kier alpha value is -0.770. The molecule has 2 N–H and O–H groups in total. The average molecular weight is 282 g/mol. The van der Waals surface area contributed by atoms with Crippen molar-refractivity contribution in [3.63, 3.8) is 0 Å². The molecular formula is C15H24ClN3. The van der Waals surface area contributed by atoms with Crippen LogP contribution in [0.15, 0.2) is 18.2 Å². The highest BCUT2D eigenvalue weighted by Crippen LogP contribution is 2.30. The molecule has 1 aliphatic heterocycles. The van der Waals surface area contributed by atoms with Gasteiger partial charge in [-0.05, 0) is 25.0 Å². The fourth-order valence-corrected chi connectivity index (χ4v) is 3.04. The number of hydrogen-bond acceptors (Lipinski definition) is 3. The molecule has 0 aromatic heterocycles. The predicted octanol–water partition coefficient (Wildman–Crippen LogP) is 2.72. The number of piperazine rings is 1. The van der Waals surface area contributed by atoms with Crippen molar-refractivity contribution in [2.45, 2.75) is 32.9 Å². The molecule has 0 saturated carbocycles. The highest BCUT2D eigenvalue weighted by atomic mass is 35.5. The van der Waals surface area contributed by atoms with E-state index in [9.17, 15) is 0 Å². The van der Waals surface area contributed by atoms with Crippen molar-refractivity contribution in [1.29, 1.82) is 0 Å². The van der Waals surface area contributed by atoms with Crippen LogP contribution in [0.2, 0.25) is 5.02 Å². The van der Waals surface area contributed by atoms with Crippen LogP contribution in [0.1, 0.15) is 25.8 Å². The molecule has 19 heavy (non-hydrogen) atoms. The molecule has 4 heteroatoms. The number of anilines is 1. The second-order valence-electron chi connectivity index (χ2n) is 5.23. The van der Waals surface area contributed by atoms with Crippen molar-refractivity contribution in [3.05, 3.63) is 28.8 Å². The Bertz CT molecular complexity index is 414. The van der Waals surface area contributed by atoms with Gasteiger partial charge in [0.1, 0.15) is 0 Å². The summed E-state index contributed by atoms with van der Waals surface area (Å²) in [6.45, 7) is 9.35. The van der Waals surface area contributed by atoms with Gasteiger partial charge < -0.3 is 10.6 Å². The van der Waals surface area contributed by atoms with E-state index < -0.39 is 0 Å². The Balaban J connectivity index is 2.09. The lowest BCUT2D eigenvalue weighted by Crippen LogP contribution is -2.49. The minimum Gasteiger partial charge on any atom is -0.368 e. The molecule has 1 heterocycles. The summed E-state index contributed by atoms with van der Waals surface area (Å²) in [4.78, 5) is 4.93. The zero-order valence-corrected chi connectivity index (χ0v) is 12.7. The van der Waals surface area contributed by atoms with Gasteiger partial charge in [-0.2, -0.15) is 0 Å². The zero-order valence-electron chi connectivity index (χ0n) is 11.9. The molecule has 0 bridgehead atoms. The van der Waals surface area contributed by atoms with E-state index in [0.717, 1.165) is 42.5 Å². The van der Waals surface area contributed by atoms with Crippen LogP contribution in [0.4, 0.5) is 5.69 Å². The Morgan fingerprint density at radius 2 is 1.95 bits per heavy atom. The van der Waals surface area contributed by atoms with Gasteiger partial charge in [-0.25, -0.2) is 0 Å². The summed E-state index contributed by atoms with van der Waals surface area (Å²) in [7, 11) is 0. The summed E-state index contributed by atoms with van der Waals surface area (Å²) in [6.07, 6.45) is 1.21. The monoisotopic (exact) mass is 281 g/mol. The molecule has 1 fully saturated rings. The smallest absolute Gasteiger partial charge is 0.0642 e. The summed E-state index contributed by atoms with van der Waals surface area (Å²) in [5.41, 5.74) is 8.11. The van der Waals surface area contributed by atoms with Gasteiger partial charge >= 0.3 is 0 Å². The first-order chi connectivity index (χ1) is 9.17. The molecular weight excluding hydrogens is 258 g/mol. The van der Waals surface area contributed by atoms with Gasteiger partial charge in [0.2, 0.25) is 0 Å². The molecule has 1 atom stereocenters. The molecule has 1 aromatic carbocycles. The largest absolute Gasteiger partial charge is 0.368 e. The van der Waals surface area contributed by atoms with Gasteiger partial charge in [-0.3, -0.25) is 4.90 Å². The zero-order chi connectivity index (χ0) is 13.8. The van der Waals surface area contributed by atoms with E-state index in [1.54, 1.807) is 0 Å². The van der Waals surface area contributed by atoms with Crippen molar-refractivity contribution in [2.75, 3.05) is 31.1 Å². The maximum atomic E-state index is 6.36. The van der Waals surface area contributed by atoms with Crippen LogP contribution in [-0.2, 0) is 6.54 Å². The van der Waals surface area contributed by atoms with Crippen molar-refractivity contribution in [1.82, 2.24) is 4.90 Å². The van der Waals surface area contributed by atoms with Gasteiger partial charge in [0.05, 0.1) is 10.7 Å². The van der Waals surface area contributed by atoms with Gasteiger partial charge in [0.15, 0.2) is 0 Å². The molecule has 1 aromatic rings. The first kappa shape index (κ1) is 14.6. The number of para-hydroxylation sites is 1. The van der Waals surface area contributed by atoms with Crippen molar-refractivity contribution < 1.29 is 0 Å². The maximum absolute atomic E-state index is 6.36. The third-order valence-electron chi connectivity index (χ3n) is 4.13. The van der Waals surface area contributed by atoms with E-state index in [2.05, 4.69) is 29.7 Å². The number of hydrogen-bond donors (Lipinski definition) is 1. The first-order valence-electron chi connectivity index (χ1n) is 7.13. The van der Waals surface area contributed by atoms with Crippen LogP contribution in [0.3, 0.4) is 0 Å². The van der Waals surface area contributed by atoms with E-state index in [0.29, 0.717) is 12.6 Å². The quantitative estimate of drug-likeness (QED) is 0.921. The topological polar surface area (TPSA) is 32.5 Å². The number of nitrogens with zero attached hydrogens (tertiary/aromatic N) is 2. The molecule has 1 aliphatic rings. The standard InChI is InChI=1S/C15H24ClN3/c1-3-12(2)18-7-9-19(10-8-18)15-13(11-17)5-4-6-14(15)16/h4-6,12H,3,7-11,17H2,1-2H3. The Morgan fingerprint density at radius 1 is 1.26 bits per heavy atom. The number of rotatable bonds is 4. The SMILES string of the molecule is CCC(C)N1CCN(c2c(Cl)cccc2CN)CC1. The first-order valence-corrected chi connectivity index (χ1v) is 7.51. The minimum absolute atomic E-state index is 0.543. The fourth-order valence-electron chi connectivity index (χ4n) is 2.72. The third kappa shape index (κ3) is 3.22. The second kappa shape index (κ2) is 6.60. The molecule has 1 saturated heterocycles. The highest BCUT2D eigenvalue weighted by Gasteiger charge is 2.22. The van der Waals surface area contributed by atoms with E-state index in [-0.39, 0.29) is 0 Å². The minimum atomic E-state index is 0.543. The van der Waals surface area contributed by atoms with Crippen molar-refractivity contribution >= 4 is 17.3 Å². The molecule has 0 radical (unpaired) electrons. The Morgan fingerprint density at radius 3 is 2.53 bits per heavy atom. The number of halogens is 1. The van der Waals surface area contributed by atoms with Crippen molar-refractivity contribution in [3.8, 4) is 0 Å². The molecule has 1 unspecified atom stereocenters. The van der Waals surface area contributed by atoms with Gasteiger partial charge in [-0.1, -0.05) is 30.7 Å². The van der Waals surface area contributed by atoms with Crippen LogP contribution >= 0.6 is 11.6 Å². The van der Waals surface area contributed by atoms with Crippen LogP contribution in [0.25, 0.3) is 0 Å². The summed E-state index contributed by atoms with van der Waals surface area (Å²) in [6, 6.07) is 6.67. The van der Waals surface area contributed by atoms with Crippen molar-refractivity contribution in [2.24, 2.45) is 5.73 Å². The van der Waals surface area contributed by atoms with Gasteiger partial charge in [0.25, 0.3) is 0 Å².